The summed E-state index contributed by atoms with van der Waals surface area (Å²) in [5.74, 6) is 1.00. The van der Waals surface area contributed by atoms with Gasteiger partial charge in [0.15, 0.2) is 0 Å². The fourth-order valence-corrected chi connectivity index (χ4v) is 2.11. The second-order valence-electron chi connectivity index (χ2n) is 2.96. The molecule has 0 aliphatic carbocycles. The highest BCUT2D eigenvalue weighted by molar-refractivity contribution is 9.10. The number of hydrogen-bond donors (Lipinski definition) is 1. The van der Waals surface area contributed by atoms with E-state index in [0.29, 0.717) is 0 Å². The van der Waals surface area contributed by atoms with Crippen LogP contribution in [0.25, 0.3) is 11.3 Å². The number of rotatable bonds is 1. The van der Waals surface area contributed by atoms with Crippen molar-refractivity contribution in [2.75, 3.05) is 0 Å². The number of aromatic amines is 1. The molecule has 0 aromatic carbocycles. The van der Waals surface area contributed by atoms with Gasteiger partial charge in [-0.15, -0.1) is 0 Å². The van der Waals surface area contributed by atoms with Crippen LogP contribution >= 0.6 is 15.9 Å². The molecule has 0 radical (unpaired) electrons. The molecule has 0 aliphatic heterocycles. The molecule has 0 fully saturated rings. The van der Waals surface area contributed by atoms with Gasteiger partial charge in [-0.3, -0.25) is 0 Å². The zero-order valence-electron chi connectivity index (χ0n) is 7.50. The number of halogens is 1. The lowest BCUT2D eigenvalue weighted by Gasteiger charge is -2.00. The summed E-state index contributed by atoms with van der Waals surface area (Å²) in [7, 11) is 2.01. The van der Waals surface area contributed by atoms with Crippen molar-refractivity contribution in [1.82, 2.24) is 14.5 Å². The van der Waals surface area contributed by atoms with E-state index in [1.165, 1.54) is 0 Å². The van der Waals surface area contributed by atoms with E-state index in [0.717, 1.165) is 21.7 Å². The van der Waals surface area contributed by atoms with E-state index in [2.05, 4.69) is 30.5 Å². The molecule has 2 aromatic heterocycles. The Hall–Kier alpha value is -1.03. The number of H-pyrrole nitrogens is 1. The molecule has 0 atom stereocenters. The third kappa shape index (κ3) is 1.31. The smallest absolute Gasteiger partial charge is 0.132 e. The van der Waals surface area contributed by atoms with Crippen LogP contribution in [0.15, 0.2) is 23.1 Å². The van der Waals surface area contributed by atoms with Crippen molar-refractivity contribution in [3.63, 3.8) is 0 Å². The summed E-state index contributed by atoms with van der Waals surface area (Å²) in [6.45, 7) is 1.99. The maximum atomic E-state index is 4.33. The molecule has 4 heteroatoms. The third-order valence-corrected chi connectivity index (χ3v) is 2.70. The molecular formula is C9H10BrN3. The Labute approximate surface area is 84.9 Å². The van der Waals surface area contributed by atoms with E-state index in [1.807, 2.05) is 32.4 Å². The van der Waals surface area contributed by atoms with Crippen molar-refractivity contribution in [1.29, 1.82) is 0 Å². The summed E-state index contributed by atoms with van der Waals surface area (Å²) < 4.78 is 2.96. The second-order valence-corrected chi connectivity index (χ2v) is 3.71. The minimum atomic E-state index is 0.895. The number of nitrogens with one attached hydrogen (secondary N) is 1. The van der Waals surface area contributed by atoms with Gasteiger partial charge in [0.25, 0.3) is 0 Å². The topological polar surface area (TPSA) is 33.6 Å². The first-order chi connectivity index (χ1) is 6.20. The predicted octanol–water partition coefficient (Wildman–Crippen LogP) is 2.49. The van der Waals surface area contributed by atoms with Crippen molar-refractivity contribution in [2.45, 2.75) is 6.92 Å². The highest BCUT2D eigenvalue weighted by Crippen LogP contribution is 2.27. The van der Waals surface area contributed by atoms with Gasteiger partial charge in [-0.2, -0.15) is 0 Å². The summed E-state index contributed by atoms with van der Waals surface area (Å²) in [6.07, 6.45) is 3.87. The predicted molar refractivity (Wildman–Crippen MR) is 55.4 cm³/mol. The standard InChI is InChI=1S/C9H10BrN3/c1-6-12-9(10)8(13(6)2)7-3-4-11-5-7/h3-5,11H,1-2H3. The Kier molecular flexibility index (Phi) is 2.00. The maximum Gasteiger partial charge on any atom is 0.132 e. The van der Waals surface area contributed by atoms with Gasteiger partial charge in [-0.05, 0) is 28.9 Å². The van der Waals surface area contributed by atoms with E-state index in [-0.39, 0.29) is 0 Å². The van der Waals surface area contributed by atoms with Gasteiger partial charge in [-0.1, -0.05) is 0 Å². The summed E-state index contributed by atoms with van der Waals surface area (Å²) in [6, 6.07) is 2.03. The summed E-state index contributed by atoms with van der Waals surface area (Å²) in [4.78, 5) is 7.36. The largest absolute Gasteiger partial charge is 0.367 e. The van der Waals surface area contributed by atoms with Gasteiger partial charge in [0.1, 0.15) is 10.4 Å². The molecular weight excluding hydrogens is 230 g/mol. The second kappa shape index (κ2) is 3.03. The molecule has 0 unspecified atom stereocenters. The molecule has 3 nitrogen and oxygen atoms in total. The average Bonchev–Trinajstić information content (AvgIpc) is 2.63. The molecule has 0 amide bonds. The van der Waals surface area contributed by atoms with Crippen molar-refractivity contribution in [3.8, 4) is 11.3 Å². The fraction of sp³-hybridized carbons (Fsp3) is 0.222. The SMILES string of the molecule is Cc1nc(Br)c(-c2cc[nH]c2)n1C. The zero-order chi connectivity index (χ0) is 9.42. The fourth-order valence-electron chi connectivity index (χ4n) is 1.35. The van der Waals surface area contributed by atoms with Crippen molar-refractivity contribution >= 4 is 15.9 Å². The van der Waals surface area contributed by atoms with Crippen LogP contribution in [0.3, 0.4) is 0 Å². The Balaban J connectivity index is 2.64. The first kappa shape index (κ1) is 8.56. The van der Waals surface area contributed by atoms with Crippen LogP contribution in [0.2, 0.25) is 0 Å². The molecule has 2 rings (SSSR count). The molecule has 68 valence electrons. The van der Waals surface area contributed by atoms with Crippen LogP contribution in [-0.4, -0.2) is 14.5 Å². The Morgan fingerprint density at radius 3 is 2.77 bits per heavy atom. The minimum absolute atomic E-state index is 0.895. The molecule has 13 heavy (non-hydrogen) atoms. The molecule has 0 saturated carbocycles. The Bertz CT molecular complexity index is 414. The van der Waals surface area contributed by atoms with Crippen molar-refractivity contribution in [3.05, 3.63) is 28.9 Å². The molecule has 1 N–H and O–H groups in total. The molecule has 2 heterocycles. The molecule has 0 bridgehead atoms. The number of aryl methyl sites for hydroxylation is 1. The van der Waals surface area contributed by atoms with Crippen LogP contribution < -0.4 is 0 Å². The lowest BCUT2D eigenvalue weighted by molar-refractivity contribution is 0.865. The van der Waals surface area contributed by atoms with E-state index >= 15 is 0 Å². The summed E-state index contributed by atoms with van der Waals surface area (Å²) in [5.41, 5.74) is 2.26. The first-order valence-corrected chi connectivity index (χ1v) is 4.81. The van der Waals surface area contributed by atoms with Gasteiger partial charge in [0, 0.05) is 25.0 Å². The average molecular weight is 240 g/mol. The van der Waals surface area contributed by atoms with E-state index in [9.17, 15) is 0 Å². The molecule has 0 aliphatic rings. The van der Waals surface area contributed by atoms with Gasteiger partial charge >= 0.3 is 0 Å². The zero-order valence-corrected chi connectivity index (χ0v) is 9.09. The molecule has 0 spiro atoms. The lowest BCUT2D eigenvalue weighted by Crippen LogP contribution is -1.93. The minimum Gasteiger partial charge on any atom is -0.367 e. The monoisotopic (exact) mass is 239 g/mol. The van der Waals surface area contributed by atoms with Gasteiger partial charge in [0.05, 0.1) is 5.69 Å². The van der Waals surface area contributed by atoms with Crippen LogP contribution in [0, 0.1) is 6.92 Å². The maximum absolute atomic E-state index is 4.33. The van der Waals surface area contributed by atoms with Crippen molar-refractivity contribution < 1.29 is 0 Å². The van der Waals surface area contributed by atoms with Crippen LogP contribution in [-0.2, 0) is 7.05 Å². The number of nitrogens with zero attached hydrogens (tertiary/aromatic N) is 2. The highest BCUT2D eigenvalue weighted by Gasteiger charge is 2.11. The van der Waals surface area contributed by atoms with Crippen LogP contribution in [0.5, 0.6) is 0 Å². The lowest BCUT2D eigenvalue weighted by atomic mass is 10.2. The van der Waals surface area contributed by atoms with Gasteiger partial charge in [0.2, 0.25) is 0 Å². The molecule has 2 aromatic rings. The number of hydrogen-bond acceptors (Lipinski definition) is 1. The Morgan fingerprint density at radius 2 is 2.31 bits per heavy atom. The number of aromatic nitrogens is 3. The summed E-state index contributed by atoms with van der Waals surface area (Å²) in [5, 5.41) is 0. The number of imidazole rings is 1. The van der Waals surface area contributed by atoms with E-state index in [1.54, 1.807) is 0 Å². The Morgan fingerprint density at radius 1 is 1.54 bits per heavy atom. The quantitative estimate of drug-likeness (QED) is 0.816. The van der Waals surface area contributed by atoms with E-state index in [4.69, 9.17) is 0 Å². The van der Waals surface area contributed by atoms with Crippen LogP contribution in [0.4, 0.5) is 0 Å². The van der Waals surface area contributed by atoms with Crippen molar-refractivity contribution in [2.24, 2.45) is 7.05 Å². The van der Waals surface area contributed by atoms with Gasteiger partial charge < -0.3 is 9.55 Å². The highest BCUT2D eigenvalue weighted by atomic mass is 79.9. The van der Waals surface area contributed by atoms with E-state index < -0.39 is 0 Å². The normalized spacial score (nSPS) is 10.7. The van der Waals surface area contributed by atoms with Crippen LogP contribution in [0.1, 0.15) is 5.82 Å². The summed E-state index contributed by atoms with van der Waals surface area (Å²) >= 11 is 3.44. The third-order valence-electron chi connectivity index (χ3n) is 2.15. The van der Waals surface area contributed by atoms with Gasteiger partial charge in [-0.25, -0.2) is 4.98 Å². The molecule has 0 saturated heterocycles. The first-order valence-electron chi connectivity index (χ1n) is 4.02.